The zero-order chi connectivity index (χ0) is 11.1. The molecule has 0 spiro atoms. The molecule has 0 aromatic carbocycles. The Morgan fingerprint density at radius 3 is 1.15 bits per heavy atom. The van der Waals surface area contributed by atoms with Gasteiger partial charge in [0, 0.05) is 4.91 Å². The fourth-order valence-electron chi connectivity index (χ4n) is 2.20. The molecule has 1 nitrogen and oxygen atoms in total. The van der Waals surface area contributed by atoms with Gasteiger partial charge >= 0.3 is 0 Å². The summed E-state index contributed by atoms with van der Waals surface area (Å²) < 4.78 is 11.8. The topological polar surface area (TPSA) is 17.1 Å². The first-order valence-electron chi connectivity index (χ1n) is 4.36. The number of hydrogen-bond acceptors (Lipinski definition) is 1. The molecule has 0 radical (unpaired) electrons. The van der Waals surface area contributed by atoms with Gasteiger partial charge in [-0.05, 0) is 22.5 Å². The van der Waals surface area contributed by atoms with Gasteiger partial charge in [-0.2, -0.15) is 0 Å². The van der Waals surface area contributed by atoms with E-state index in [1.807, 2.05) is 0 Å². The van der Waals surface area contributed by atoms with Crippen molar-refractivity contribution >= 4 is 44.5 Å². The second kappa shape index (κ2) is 4.01. The van der Waals surface area contributed by atoms with E-state index in [0.29, 0.717) is 0 Å². The molecule has 0 aliphatic rings. The fraction of sp³-hybridized carbons (Fsp3) is 1.00. The third kappa shape index (κ3) is 4.52. The van der Waals surface area contributed by atoms with Crippen LogP contribution >= 0.6 is 28.3 Å². The largest absolute Gasteiger partial charge is 0.290 e. The molecule has 0 amide bonds. The molecule has 0 fully saturated rings. The number of hydrogen-bond donors (Lipinski definition) is 0. The van der Waals surface area contributed by atoms with Gasteiger partial charge in [-0.1, -0.05) is 39.3 Å². The van der Waals surface area contributed by atoms with Crippen LogP contribution in [0.25, 0.3) is 0 Å². The molecule has 0 rings (SSSR count). The maximum Gasteiger partial charge on any atom is 0.251 e. The molecule has 0 unspecified atom stereocenters. The van der Waals surface area contributed by atoms with Gasteiger partial charge in [0.1, 0.15) is 0 Å². The molecule has 0 bridgehead atoms. The molecule has 0 atom stereocenters. The third-order valence-corrected chi connectivity index (χ3v) is 21.0. The van der Waals surface area contributed by atoms with Gasteiger partial charge in [-0.25, -0.2) is 0 Å². The molecule has 0 aliphatic heterocycles. The van der Waals surface area contributed by atoms with Crippen LogP contribution in [0.1, 0.15) is 0 Å². The van der Waals surface area contributed by atoms with Crippen molar-refractivity contribution in [2.24, 2.45) is 0 Å². The first-order valence-corrected chi connectivity index (χ1v) is 15.1. The molecule has 0 saturated carbocycles. The van der Waals surface area contributed by atoms with Crippen LogP contribution in [0.15, 0.2) is 0 Å². The predicted molar refractivity (Wildman–Crippen MR) is 69.8 cm³/mol. The Morgan fingerprint density at radius 1 is 0.923 bits per heavy atom. The summed E-state index contributed by atoms with van der Waals surface area (Å²) in [7, 11) is -3.05. The van der Waals surface area contributed by atoms with E-state index >= 15 is 0 Å². The summed E-state index contributed by atoms with van der Waals surface area (Å²) in [5, 5.41) is 0. The molecule has 0 saturated heterocycles. The Balaban J connectivity index is 5.15. The van der Waals surface area contributed by atoms with Crippen LogP contribution in [0, 0.1) is 0 Å². The van der Waals surface area contributed by atoms with Crippen LogP contribution in [0.5, 0.6) is 0 Å². The molecule has 0 aromatic rings. The second-order valence-electron chi connectivity index (χ2n) is 5.64. The summed E-state index contributed by atoms with van der Waals surface area (Å²) in [4.78, 5) is 0.0934. The summed E-state index contributed by atoms with van der Waals surface area (Å²) >= 11 is 11.7. The highest BCUT2D eigenvalue weighted by molar-refractivity contribution is 8.11. The van der Waals surface area contributed by atoms with Gasteiger partial charge in [0.2, 0.25) is 0 Å². The normalized spacial score (nSPS) is 15.2. The van der Waals surface area contributed by atoms with E-state index in [4.69, 9.17) is 22.5 Å². The first-order chi connectivity index (χ1) is 5.37. The summed E-state index contributed by atoms with van der Waals surface area (Å²) in [6.07, 6.45) is 0. The fourth-order valence-corrected chi connectivity index (χ4v) is 30.3. The molecule has 13 heavy (non-hydrogen) atoms. The first kappa shape index (κ1) is 14.2. The Kier molecular flexibility index (Phi) is 4.40. The van der Waals surface area contributed by atoms with Gasteiger partial charge < -0.3 is 0 Å². The predicted octanol–water partition coefficient (Wildman–Crippen LogP) is 4.78. The van der Waals surface area contributed by atoms with E-state index in [9.17, 15) is 4.57 Å². The van der Waals surface area contributed by atoms with Crippen molar-refractivity contribution in [3.63, 3.8) is 0 Å². The highest BCUT2D eigenvalue weighted by Gasteiger charge is 2.47. The van der Waals surface area contributed by atoms with Gasteiger partial charge in [-0.15, -0.1) is 0 Å². The summed E-state index contributed by atoms with van der Waals surface area (Å²) in [5.41, 5.74) is 0. The zero-order valence-corrected chi connectivity index (χ0v) is 13.6. The van der Waals surface area contributed by atoms with E-state index in [2.05, 4.69) is 39.3 Å². The van der Waals surface area contributed by atoms with Gasteiger partial charge in [0.25, 0.3) is 5.85 Å². The summed E-state index contributed by atoms with van der Waals surface area (Å²) in [6.45, 7) is 13.1. The quantitative estimate of drug-likeness (QED) is 0.536. The Hall–Kier alpha value is 1.24. The highest BCUT2D eigenvalue weighted by atomic mass is 35.9. The Morgan fingerprint density at radius 2 is 1.15 bits per heavy atom. The van der Waals surface area contributed by atoms with E-state index in [-0.39, 0.29) is 4.91 Å². The van der Waals surface area contributed by atoms with Crippen LogP contribution in [0.2, 0.25) is 39.3 Å². The molecule has 0 aliphatic carbocycles. The van der Waals surface area contributed by atoms with Crippen molar-refractivity contribution in [2.45, 2.75) is 44.2 Å². The summed E-state index contributed by atoms with van der Waals surface area (Å²) in [5.74, 6) is -2.95. The lowest BCUT2D eigenvalue weighted by Crippen LogP contribution is -2.52. The minimum Gasteiger partial charge on any atom is -0.290 e. The lowest BCUT2D eigenvalue weighted by molar-refractivity contribution is 0.593. The summed E-state index contributed by atoms with van der Waals surface area (Å²) in [6, 6.07) is 0. The standard InChI is InChI=1S/C7H19Cl2OPSi2/c1-12(2,3)7(11(8,9)10)13(4,5)6/h7H,1-6H3. The van der Waals surface area contributed by atoms with Crippen LogP contribution in [-0.2, 0) is 4.57 Å². The molecule has 80 valence electrons. The van der Waals surface area contributed by atoms with Crippen molar-refractivity contribution in [2.75, 3.05) is 0 Å². The Labute approximate surface area is 93.2 Å². The number of rotatable bonds is 3. The van der Waals surface area contributed by atoms with Gasteiger partial charge in [0.15, 0.2) is 0 Å². The third-order valence-electron chi connectivity index (χ3n) is 1.94. The molecular weight excluding hydrogens is 258 g/mol. The van der Waals surface area contributed by atoms with Gasteiger partial charge in [-0.3, -0.25) is 4.57 Å². The smallest absolute Gasteiger partial charge is 0.251 e. The molecular formula is C7H19Cl2OPSi2. The molecule has 0 heterocycles. The van der Waals surface area contributed by atoms with E-state index in [0.717, 1.165) is 0 Å². The van der Waals surface area contributed by atoms with Crippen molar-refractivity contribution < 1.29 is 4.57 Å². The Bertz CT molecular complexity index is 212. The molecule has 6 heteroatoms. The lowest BCUT2D eigenvalue weighted by atomic mass is 11.7. The highest BCUT2D eigenvalue weighted by Crippen LogP contribution is 2.65. The van der Waals surface area contributed by atoms with Crippen LogP contribution < -0.4 is 0 Å². The number of halogens is 2. The van der Waals surface area contributed by atoms with Crippen LogP contribution in [0.3, 0.4) is 0 Å². The van der Waals surface area contributed by atoms with Crippen molar-refractivity contribution in [1.29, 1.82) is 0 Å². The molecule has 0 N–H and O–H groups in total. The minimum absolute atomic E-state index is 0.0934. The van der Waals surface area contributed by atoms with Crippen molar-refractivity contribution in [1.82, 2.24) is 0 Å². The van der Waals surface area contributed by atoms with Gasteiger partial charge in [0.05, 0.1) is 16.1 Å². The maximum absolute atomic E-state index is 11.8. The van der Waals surface area contributed by atoms with Crippen LogP contribution in [0.4, 0.5) is 0 Å². The molecule has 0 aromatic heterocycles. The van der Waals surface area contributed by atoms with Crippen LogP contribution in [-0.4, -0.2) is 21.1 Å². The zero-order valence-electron chi connectivity index (χ0n) is 9.19. The lowest BCUT2D eigenvalue weighted by Gasteiger charge is -2.38. The minimum atomic E-state index is -2.95. The van der Waals surface area contributed by atoms with E-state index in [1.54, 1.807) is 0 Å². The van der Waals surface area contributed by atoms with E-state index < -0.39 is 22.0 Å². The monoisotopic (exact) mass is 276 g/mol. The van der Waals surface area contributed by atoms with Crippen molar-refractivity contribution in [3.05, 3.63) is 0 Å². The van der Waals surface area contributed by atoms with E-state index in [1.165, 1.54) is 0 Å². The average Bonchev–Trinajstić information content (AvgIpc) is 1.44. The maximum atomic E-state index is 11.8. The van der Waals surface area contributed by atoms with Crippen molar-refractivity contribution in [3.8, 4) is 0 Å². The SMILES string of the molecule is C[Si](C)(C)C([Si](C)(C)C)P(=O)(Cl)Cl. The second-order valence-corrected chi connectivity index (χ2v) is 22.9. The average molecular weight is 277 g/mol.